The molecule has 0 bridgehead atoms. The second kappa shape index (κ2) is 8.51. The molecule has 3 aromatic rings. The lowest BCUT2D eigenvalue weighted by Gasteiger charge is -2.35. The summed E-state index contributed by atoms with van der Waals surface area (Å²) >= 11 is 0. The van der Waals surface area contributed by atoms with Crippen LogP contribution < -0.4 is 15.1 Å². The monoisotopic (exact) mass is 391 g/mol. The number of carbonyl (C=O) groups excluding carboxylic acids is 1. The van der Waals surface area contributed by atoms with E-state index < -0.39 is 5.97 Å². The summed E-state index contributed by atoms with van der Waals surface area (Å²) < 4.78 is 4.84. The first-order valence-electron chi connectivity index (χ1n) is 9.29. The van der Waals surface area contributed by atoms with Gasteiger partial charge in [-0.25, -0.2) is 19.7 Å². The molecule has 1 aliphatic rings. The van der Waals surface area contributed by atoms with Crippen LogP contribution in [0, 0.1) is 0 Å². The van der Waals surface area contributed by atoms with Crippen LogP contribution in [0.4, 0.5) is 23.4 Å². The van der Waals surface area contributed by atoms with Crippen molar-refractivity contribution < 1.29 is 9.53 Å². The smallest absolute Gasteiger partial charge is 0.339 e. The Labute approximate surface area is 168 Å². The molecule has 0 radical (unpaired) electrons. The average Bonchev–Trinajstić information content (AvgIpc) is 2.80. The van der Waals surface area contributed by atoms with E-state index in [1.54, 1.807) is 36.8 Å². The van der Waals surface area contributed by atoms with Gasteiger partial charge in [-0.05, 0) is 24.3 Å². The number of benzene rings is 1. The fourth-order valence-electron chi connectivity index (χ4n) is 3.18. The molecule has 4 rings (SSSR count). The van der Waals surface area contributed by atoms with Gasteiger partial charge in [0, 0.05) is 44.8 Å². The van der Waals surface area contributed by atoms with Crippen LogP contribution in [0.15, 0.2) is 55.0 Å². The summed E-state index contributed by atoms with van der Waals surface area (Å²) in [6, 6.07) is 10.8. The van der Waals surface area contributed by atoms with Crippen molar-refractivity contribution in [2.45, 2.75) is 0 Å². The predicted molar refractivity (Wildman–Crippen MR) is 110 cm³/mol. The van der Waals surface area contributed by atoms with E-state index in [1.807, 2.05) is 18.2 Å². The molecular formula is C20H21N7O2. The fraction of sp³-hybridized carbons (Fsp3) is 0.250. The molecule has 9 heteroatoms. The van der Waals surface area contributed by atoms with Gasteiger partial charge >= 0.3 is 5.97 Å². The molecule has 2 aromatic heterocycles. The summed E-state index contributed by atoms with van der Waals surface area (Å²) in [5.41, 5.74) is 1.03. The Kier molecular flexibility index (Phi) is 5.46. The molecule has 0 aliphatic carbocycles. The SMILES string of the molecule is COC(=O)c1ccccc1Nc1nccc(N2CCN(c3ncccn3)CC2)n1. The van der Waals surface area contributed by atoms with Crippen LogP contribution in [0.2, 0.25) is 0 Å². The van der Waals surface area contributed by atoms with Gasteiger partial charge in [0.1, 0.15) is 5.82 Å². The third-order valence-electron chi connectivity index (χ3n) is 4.66. The Hall–Kier alpha value is -3.75. The minimum absolute atomic E-state index is 0.413. The van der Waals surface area contributed by atoms with Crippen molar-refractivity contribution in [3.05, 3.63) is 60.6 Å². The number of nitrogens with zero attached hydrogens (tertiary/aromatic N) is 6. The summed E-state index contributed by atoms with van der Waals surface area (Å²) in [4.78, 5) is 33.8. The summed E-state index contributed by atoms with van der Waals surface area (Å²) in [5, 5.41) is 3.12. The van der Waals surface area contributed by atoms with E-state index in [1.165, 1.54) is 7.11 Å². The highest BCUT2D eigenvalue weighted by Crippen LogP contribution is 2.22. The number of aromatic nitrogens is 4. The molecule has 0 spiro atoms. The van der Waals surface area contributed by atoms with Crippen molar-refractivity contribution in [1.29, 1.82) is 0 Å². The maximum absolute atomic E-state index is 12.0. The summed E-state index contributed by atoms with van der Waals surface area (Å²) in [5.74, 6) is 1.58. The topological polar surface area (TPSA) is 96.4 Å². The van der Waals surface area contributed by atoms with Crippen molar-refractivity contribution in [1.82, 2.24) is 19.9 Å². The van der Waals surface area contributed by atoms with Gasteiger partial charge < -0.3 is 19.9 Å². The number of anilines is 4. The number of hydrogen-bond acceptors (Lipinski definition) is 9. The molecule has 148 valence electrons. The Morgan fingerprint density at radius 2 is 1.66 bits per heavy atom. The number of rotatable bonds is 5. The van der Waals surface area contributed by atoms with Crippen molar-refractivity contribution in [2.75, 3.05) is 48.4 Å². The van der Waals surface area contributed by atoms with Crippen LogP contribution in [0.5, 0.6) is 0 Å². The number of methoxy groups -OCH3 is 1. The zero-order valence-corrected chi connectivity index (χ0v) is 16.0. The van der Waals surface area contributed by atoms with Gasteiger partial charge in [-0.3, -0.25) is 0 Å². The molecular weight excluding hydrogens is 370 g/mol. The van der Waals surface area contributed by atoms with E-state index in [9.17, 15) is 4.79 Å². The van der Waals surface area contributed by atoms with E-state index in [2.05, 4.69) is 35.1 Å². The third kappa shape index (κ3) is 4.23. The molecule has 1 aliphatic heterocycles. The van der Waals surface area contributed by atoms with Gasteiger partial charge in [0.2, 0.25) is 11.9 Å². The van der Waals surface area contributed by atoms with Crippen LogP contribution in [0.3, 0.4) is 0 Å². The van der Waals surface area contributed by atoms with Gasteiger partial charge in [-0.1, -0.05) is 12.1 Å². The summed E-state index contributed by atoms with van der Waals surface area (Å²) in [6.07, 6.45) is 5.21. The molecule has 0 unspecified atom stereocenters. The van der Waals surface area contributed by atoms with E-state index in [0.717, 1.165) is 37.9 Å². The first-order valence-corrected chi connectivity index (χ1v) is 9.29. The van der Waals surface area contributed by atoms with Crippen LogP contribution >= 0.6 is 0 Å². The van der Waals surface area contributed by atoms with Gasteiger partial charge in [0.15, 0.2) is 0 Å². The van der Waals surface area contributed by atoms with Crippen molar-refractivity contribution in [3.63, 3.8) is 0 Å². The van der Waals surface area contributed by atoms with Crippen molar-refractivity contribution >= 4 is 29.4 Å². The summed E-state index contributed by atoms with van der Waals surface area (Å²) in [6.45, 7) is 3.21. The van der Waals surface area contributed by atoms with Crippen molar-refractivity contribution in [2.24, 2.45) is 0 Å². The highest BCUT2D eigenvalue weighted by atomic mass is 16.5. The zero-order valence-electron chi connectivity index (χ0n) is 16.0. The molecule has 1 saturated heterocycles. The maximum atomic E-state index is 12.0. The van der Waals surface area contributed by atoms with Crippen LogP contribution in [-0.4, -0.2) is 59.2 Å². The zero-order chi connectivity index (χ0) is 20.1. The van der Waals surface area contributed by atoms with Crippen LogP contribution in [-0.2, 0) is 4.74 Å². The van der Waals surface area contributed by atoms with E-state index in [-0.39, 0.29) is 0 Å². The molecule has 29 heavy (non-hydrogen) atoms. The number of carbonyl (C=O) groups is 1. The minimum atomic E-state index is -0.413. The first kappa shape index (κ1) is 18.6. The molecule has 0 atom stereocenters. The lowest BCUT2D eigenvalue weighted by atomic mass is 10.2. The van der Waals surface area contributed by atoms with Gasteiger partial charge in [0.05, 0.1) is 18.4 Å². The second-order valence-electron chi connectivity index (χ2n) is 6.42. The van der Waals surface area contributed by atoms with E-state index in [4.69, 9.17) is 4.74 Å². The largest absolute Gasteiger partial charge is 0.465 e. The summed E-state index contributed by atoms with van der Waals surface area (Å²) in [7, 11) is 1.36. The predicted octanol–water partition coefficient (Wildman–Crippen LogP) is 2.12. The van der Waals surface area contributed by atoms with Crippen LogP contribution in [0.1, 0.15) is 10.4 Å². The standard InChI is InChI=1S/C20H21N7O2/c1-29-18(28)15-5-2-3-6-16(15)24-19-21-10-7-17(25-19)26-11-13-27(14-12-26)20-22-8-4-9-23-20/h2-10H,11-14H2,1H3,(H,21,24,25). The average molecular weight is 391 g/mol. The minimum Gasteiger partial charge on any atom is -0.465 e. The molecule has 0 saturated carbocycles. The van der Waals surface area contributed by atoms with Gasteiger partial charge in [-0.2, -0.15) is 4.98 Å². The molecule has 9 nitrogen and oxygen atoms in total. The first-order chi connectivity index (χ1) is 14.2. The van der Waals surface area contributed by atoms with Gasteiger partial charge in [-0.15, -0.1) is 0 Å². The molecule has 1 N–H and O–H groups in total. The Bertz CT molecular complexity index is 975. The van der Waals surface area contributed by atoms with Crippen LogP contribution in [0.25, 0.3) is 0 Å². The normalized spacial score (nSPS) is 13.8. The highest BCUT2D eigenvalue weighted by molar-refractivity contribution is 5.96. The Balaban J connectivity index is 1.46. The van der Waals surface area contributed by atoms with Gasteiger partial charge in [0.25, 0.3) is 0 Å². The van der Waals surface area contributed by atoms with E-state index >= 15 is 0 Å². The molecule has 0 amide bonds. The molecule has 1 fully saturated rings. The van der Waals surface area contributed by atoms with E-state index in [0.29, 0.717) is 17.2 Å². The highest BCUT2D eigenvalue weighted by Gasteiger charge is 2.20. The number of piperazine rings is 1. The number of para-hydroxylation sites is 1. The molecule has 1 aromatic carbocycles. The number of ether oxygens (including phenoxy) is 1. The third-order valence-corrected chi connectivity index (χ3v) is 4.66. The number of nitrogens with one attached hydrogen (secondary N) is 1. The lowest BCUT2D eigenvalue weighted by Crippen LogP contribution is -2.47. The maximum Gasteiger partial charge on any atom is 0.339 e. The fourth-order valence-corrected chi connectivity index (χ4v) is 3.18. The quantitative estimate of drug-likeness (QED) is 0.656. The van der Waals surface area contributed by atoms with Crippen molar-refractivity contribution in [3.8, 4) is 0 Å². The Morgan fingerprint density at radius 1 is 0.931 bits per heavy atom. The Morgan fingerprint density at radius 3 is 2.41 bits per heavy atom. The second-order valence-corrected chi connectivity index (χ2v) is 6.42. The number of hydrogen-bond donors (Lipinski definition) is 1. The lowest BCUT2D eigenvalue weighted by molar-refractivity contribution is 0.0602. The molecule has 3 heterocycles. The number of esters is 1.